The van der Waals surface area contributed by atoms with Crippen LogP contribution in [0.1, 0.15) is 32.1 Å². The van der Waals surface area contributed by atoms with E-state index in [0.717, 1.165) is 24.0 Å². The van der Waals surface area contributed by atoms with Gasteiger partial charge >= 0.3 is 0 Å². The third kappa shape index (κ3) is 3.01. The minimum Gasteiger partial charge on any atom is -0.378 e. The van der Waals surface area contributed by atoms with Crippen LogP contribution in [0.15, 0.2) is 14.3 Å². The molecule has 1 aromatic heterocycles. The lowest BCUT2D eigenvalue weighted by Crippen LogP contribution is -2.60. The Labute approximate surface area is 130 Å². The second-order valence-corrected chi connectivity index (χ2v) is 8.58. The van der Waals surface area contributed by atoms with Crippen molar-refractivity contribution in [2.45, 2.75) is 45.9 Å². The van der Waals surface area contributed by atoms with Crippen molar-refractivity contribution < 1.29 is 4.74 Å². The predicted octanol–water partition coefficient (Wildman–Crippen LogP) is 4.57. The van der Waals surface area contributed by atoms with Crippen molar-refractivity contribution in [3.05, 3.63) is 19.2 Å². The summed E-state index contributed by atoms with van der Waals surface area (Å²) in [5.41, 5.74) is 0.238. The summed E-state index contributed by atoms with van der Waals surface area (Å²) >= 11 is 8.83. The van der Waals surface area contributed by atoms with E-state index in [0.29, 0.717) is 12.1 Å². The fraction of sp³-hybridized carbons (Fsp3) is 0.692. The molecule has 0 bridgehead atoms. The van der Waals surface area contributed by atoms with E-state index >= 15 is 0 Å². The number of nitrogens with one attached hydrogen (secondary N) is 1. The molecule has 18 heavy (non-hydrogen) atoms. The Hall–Kier alpha value is 0.580. The molecule has 2 nitrogen and oxygen atoms in total. The van der Waals surface area contributed by atoms with Gasteiger partial charge in [0.15, 0.2) is 0 Å². The zero-order chi connectivity index (χ0) is 13.3. The fourth-order valence-corrected chi connectivity index (χ4v) is 4.55. The third-order valence-corrected chi connectivity index (χ3v) is 7.02. The van der Waals surface area contributed by atoms with Gasteiger partial charge in [-0.05, 0) is 51.3 Å². The van der Waals surface area contributed by atoms with Crippen LogP contribution in [0.5, 0.6) is 0 Å². The van der Waals surface area contributed by atoms with E-state index in [4.69, 9.17) is 4.74 Å². The first-order valence-electron chi connectivity index (χ1n) is 6.23. The van der Waals surface area contributed by atoms with Gasteiger partial charge in [0.1, 0.15) is 0 Å². The van der Waals surface area contributed by atoms with E-state index in [9.17, 15) is 0 Å². The molecule has 5 heteroatoms. The van der Waals surface area contributed by atoms with Gasteiger partial charge in [-0.1, -0.05) is 13.8 Å². The summed E-state index contributed by atoms with van der Waals surface area (Å²) in [7, 11) is 0. The quantitative estimate of drug-likeness (QED) is 0.787. The summed E-state index contributed by atoms with van der Waals surface area (Å²) in [5, 5.41) is 3.64. The molecule has 0 saturated heterocycles. The molecule has 1 aliphatic carbocycles. The number of ether oxygens (including phenoxy) is 1. The average Bonchev–Trinajstić information content (AvgIpc) is 2.62. The smallest absolute Gasteiger partial charge is 0.0843 e. The molecule has 0 amide bonds. The highest BCUT2D eigenvalue weighted by Gasteiger charge is 2.48. The van der Waals surface area contributed by atoms with Gasteiger partial charge in [0, 0.05) is 34.0 Å². The van der Waals surface area contributed by atoms with Crippen LogP contribution in [0.3, 0.4) is 0 Å². The highest BCUT2D eigenvalue weighted by atomic mass is 79.9. The van der Waals surface area contributed by atoms with Crippen LogP contribution < -0.4 is 5.32 Å². The molecule has 102 valence electrons. The average molecular weight is 397 g/mol. The van der Waals surface area contributed by atoms with Crippen LogP contribution in [0.4, 0.5) is 0 Å². The topological polar surface area (TPSA) is 21.3 Å². The summed E-state index contributed by atoms with van der Waals surface area (Å²) in [5.74, 6) is 0. The molecular formula is C13H19Br2NOS. The molecule has 1 heterocycles. The maximum absolute atomic E-state index is 5.75. The monoisotopic (exact) mass is 395 g/mol. The Bertz CT molecular complexity index is 400. The maximum Gasteiger partial charge on any atom is 0.0843 e. The van der Waals surface area contributed by atoms with Gasteiger partial charge in [0.25, 0.3) is 0 Å². The van der Waals surface area contributed by atoms with Crippen LogP contribution in [-0.4, -0.2) is 18.8 Å². The highest BCUT2D eigenvalue weighted by molar-refractivity contribution is 9.13. The lowest BCUT2D eigenvalue weighted by Gasteiger charge is -2.51. The van der Waals surface area contributed by atoms with E-state index in [2.05, 4.69) is 64.0 Å². The Morgan fingerprint density at radius 2 is 2.22 bits per heavy atom. The molecule has 1 N–H and O–H groups in total. The van der Waals surface area contributed by atoms with Gasteiger partial charge in [-0.15, -0.1) is 11.3 Å². The third-order valence-electron chi connectivity index (χ3n) is 3.76. The summed E-state index contributed by atoms with van der Waals surface area (Å²) in [6.07, 6.45) is 1.52. The standard InChI is InChI=1S/C13H19Br2NOS/c1-4-17-11-6-10(13(11,2)3)16-7-8-5-9(14)12(15)18-8/h5,10-11,16H,4,6-7H2,1-3H3. The number of hydrogen-bond acceptors (Lipinski definition) is 3. The molecule has 1 aromatic rings. The summed E-state index contributed by atoms with van der Waals surface area (Å²) in [4.78, 5) is 1.35. The molecule has 0 spiro atoms. The maximum atomic E-state index is 5.75. The first-order chi connectivity index (χ1) is 8.45. The second kappa shape index (κ2) is 5.92. The summed E-state index contributed by atoms with van der Waals surface area (Å²) in [6.45, 7) is 8.38. The Morgan fingerprint density at radius 1 is 1.50 bits per heavy atom. The van der Waals surface area contributed by atoms with Gasteiger partial charge in [0.2, 0.25) is 0 Å². The summed E-state index contributed by atoms with van der Waals surface area (Å²) in [6, 6.07) is 2.72. The number of halogens is 2. The lowest BCUT2D eigenvalue weighted by molar-refractivity contribution is -0.114. The Balaban J connectivity index is 1.85. The van der Waals surface area contributed by atoms with Crippen molar-refractivity contribution in [3.63, 3.8) is 0 Å². The molecule has 1 saturated carbocycles. The molecule has 0 radical (unpaired) electrons. The first-order valence-corrected chi connectivity index (χ1v) is 8.64. The van der Waals surface area contributed by atoms with E-state index < -0.39 is 0 Å². The molecule has 0 aliphatic heterocycles. The summed E-state index contributed by atoms with van der Waals surface area (Å²) < 4.78 is 8.06. The van der Waals surface area contributed by atoms with Gasteiger partial charge < -0.3 is 10.1 Å². The van der Waals surface area contributed by atoms with Crippen LogP contribution in [0, 0.1) is 5.41 Å². The Morgan fingerprint density at radius 3 is 2.72 bits per heavy atom. The predicted molar refractivity (Wildman–Crippen MR) is 84.2 cm³/mol. The van der Waals surface area contributed by atoms with Crippen molar-refractivity contribution >= 4 is 43.2 Å². The van der Waals surface area contributed by atoms with Crippen LogP contribution in [0.2, 0.25) is 0 Å². The molecule has 2 rings (SSSR count). The molecule has 2 atom stereocenters. The highest BCUT2D eigenvalue weighted by Crippen LogP contribution is 2.43. The van der Waals surface area contributed by atoms with Crippen molar-refractivity contribution in [1.29, 1.82) is 0 Å². The Kier molecular flexibility index (Phi) is 4.92. The van der Waals surface area contributed by atoms with Gasteiger partial charge in [-0.25, -0.2) is 0 Å². The van der Waals surface area contributed by atoms with Crippen LogP contribution >= 0.6 is 43.2 Å². The number of hydrogen-bond donors (Lipinski definition) is 1. The van der Waals surface area contributed by atoms with Gasteiger partial charge in [0.05, 0.1) is 9.89 Å². The van der Waals surface area contributed by atoms with Crippen molar-refractivity contribution in [2.24, 2.45) is 5.41 Å². The molecule has 0 aromatic carbocycles. The van der Waals surface area contributed by atoms with Gasteiger partial charge in [-0.3, -0.25) is 0 Å². The van der Waals surface area contributed by atoms with Crippen molar-refractivity contribution in [3.8, 4) is 0 Å². The van der Waals surface area contributed by atoms with E-state index in [1.807, 2.05) is 0 Å². The van der Waals surface area contributed by atoms with Gasteiger partial charge in [-0.2, -0.15) is 0 Å². The molecule has 1 fully saturated rings. The largest absolute Gasteiger partial charge is 0.378 e. The van der Waals surface area contributed by atoms with E-state index in [1.54, 1.807) is 11.3 Å². The minimum absolute atomic E-state index is 0.238. The zero-order valence-electron chi connectivity index (χ0n) is 10.9. The normalized spacial score (nSPS) is 26.1. The zero-order valence-corrected chi connectivity index (χ0v) is 14.9. The van der Waals surface area contributed by atoms with Crippen LogP contribution in [0.25, 0.3) is 0 Å². The van der Waals surface area contributed by atoms with Crippen molar-refractivity contribution in [2.75, 3.05) is 6.61 Å². The second-order valence-electron chi connectivity index (χ2n) is 5.27. The minimum atomic E-state index is 0.238. The number of thiophene rings is 1. The lowest BCUT2D eigenvalue weighted by atomic mass is 9.64. The molecule has 1 aliphatic rings. The fourth-order valence-electron chi connectivity index (χ4n) is 2.42. The number of rotatable bonds is 5. The SMILES string of the molecule is CCOC1CC(NCc2cc(Br)c(Br)s2)C1(C)C. The van der Waals surface area contributed by atoms with Crippen molar-refractivity contribution in [1.82, 2.24) is 5.32 Å². The first kappa shape index (κ1) is 15.0. The molecule has 2 unspecified atom stereocenters. The van der Waals surface area contributed by atoms with Crippen LogP contribution in [-0.2, 0) is 11.3 Å². The molecular weight excluding hydrogens is 378 g/mol. The van der Waals surface area contributed by atoms with E-state index in [-0.39, 0.29) is 5.41 Å². The van der Waals surface area contributed by atoms with E-state index in [1.165, 1.54) is 8.66 Å².